The van der Waals surface area contributed by atoms with Crippen LogP contribution in [0.3, 0.4) is 0 Å². The first-order chi connectivity index (χ1) is 7.17. The highest BCUT2D eigenvalue weighted by atomic mass is 32.2. The van der Waals surface area contributed by atoms with Crippen LogP contribution in [0.5, 0.6) is 0 Å². The Morgan fingerprint density at radius 1 is 1.47 bits per heavy atom. The highest BCUT2D eigenvalue weighted by Gasteiger charge is 2.02. The minimum absolute atomic E-state index is 0.0353. The van der Waals surface area contributed by atoms with Crippen molar-refractivity contribution in [1.82, 2.24) is 0 Å². The molecule has 1 rings (SSSR count). The zero-order valence-electron chi connectivity index (χ0n) is 8.23. The van der Waals surface area contributed by atoms with E-state index in [4.69, 9.17) is 11.0 Å². The van der Waals surface area contributed by atoms with Gasteiger partial charge in [-0.1, -0.05) is 12.1 Å². The lowest BCUT2D eigenvalue weighted by molar-refractivity contribution is -0.114. The SMILES string of the molecule is CSc1ccc(/C=C(/C#N)C(N)=O)cc1. The van der Waals surface area contributed by atoms with Gasteiger partial charge in [0.1, 0.15) is 11.6 Å². The average Bonchev–Trinajstić information content (AvgIpc) is 2.26. The van der Waals surface area contributed by atoms with Crippen LogP contribution >= 0.6 is 11.8 Å². The molecule has 0 heterocycles. The molecule has 0 fully saturated rings. The molecule has 2 N–H and O–H groups in total. The van der Waals surface area contributed by atoms with Gasteiger partial charge in [-0.05, 0) is 30.0 Å². The number of nitriles is 1. The molecular weight excluding hydrogens is 208 g/mol. The Morgan fingerprint density at radius 3 is 2.47 bits per heavy atom. The molecule has 3 nitrogen and oxygen atoms in total. The van der Waals surface area contributed by atoms with Gasteiger partial charge in [-0.3, -0.25) is 4.79 Å². The summed E-state index contributed by atoms with van der Waals surface area (Å²) in [5, 5.41) is 8.64. The number of hydrogen-bond acceptors (Lipinski definition) is 3. The van der Waals surface area contributed by atoms with Crippen molar-refractivity contribution in [2.45, 2.75) is 4.90 Å². The molecule has 1 amide bonds. The molecule has 4 heteroatoms. The summed E-state index contributed by atoms with van der Waals surface area (Å²) in [6.07, 6.45) is 3.46. The average molecular weight is 218 g/mol. The van der Waals surface area contributed by atoms with Gasteiger partial charge in [-0.15, -0.1) is 11.8 Å². The summed E-state index contributed by atoms with van der Waals surface area (Å²) in [7, 11) is 0. The Morgan fingerprint density at radius 2 is 2.07 bits per heavy atom. The number of primary amides is 1. The minimum atomic E-state index is -0.702. The fourth-order valence-electron chi connectivity index (χ4n) is 1.03. The Labute approximate surface area is 92.6 Å². The molecule has 0 saturated carbocycles. The van der Waals surface area contributed by atoms with E-state index in [1.807, 2.05) is 30.5 Å². The minimum Gasteiger partial charge on any atom is -0.365 e. The number of carbonyl (C=O) groups excluding carboxylic acids is 1. The molecule has 76 valence electrons. The largest absolute Gasteiger partial charge is 0.365 e. The van der Waals surface area contributed by atoms with Gasteiger partial charge >= 0.3 is 0 Å². The van der Waals surface area contributed by atoms with E-state index in [2.05, 4.69) is 0 Å². The molecule has 0 saturated heterocycles. The maximum Gasteiger partial charge on any atom is 0.259 e. The van der Waals surface area contributed by atoms with Crippen LogP contribution in [-0.4, -0.2) is 12.2 Å². The number of carbonyl (C=O) groups is 1. The Balaban J connectivity index is 2.98. The van der Waals surface area contributed by atoms with E-state index in [0.717, 1.165) is 10.5 Å². The zero-order valence-corrected chi connectivity index (χ0v) is 9.04. The molecule has 0 unspecified atom stereocenters. The molecule has 0 atom stereocenters. The van der Waals surface area contributed by atoms with E-state index in [1.54, 1.807) is 17.8 Å². The molecular formula is C11H10N2OS. The third kappa shape index (κ3) is 3.15. The monoisotopic (exact) mass is 218 g/mol. The van der Waals surface area contributed by atoms with Crippen LogP contribution in [-0.2, 0) is 4.79 Å². The number of nitrogens with zero attached hydrogens (tertiary/aromatic N) is 1. The highest BCUT2D eigenvalue weighted by Crippen LogP contribution is 2.16. The molecule has 1 aromatic carbocycles. The number of rotatable bonds is 3. The fourth-order valence-corrected chi connectivity index (χ4v) is 1.43. The molecule has 0 aliphatic carbocycles. The number of thioether (sulfide) groups is 1. The van der Waals surface area contributed by atoms with Crippen molar-refractivity contribution >= 4 is 23.7 Å². The van der Waals surface area contributed by atoms with E-state index in [1.165, 1.54) is 6.08 Å². The van der Waals surface area contributed by atoms with E-state index < -0.39 is 5.91 Å². The molecule has 1 aromatic rings. The standard InChI is InChI=1S/C11H10N2OS/c1-15-10-4-2-8(3-5-10)6-9(7-12)11(13)14/h2-6H,1H3,(H2,13,14)/b9-6-. The van der Waals surface area contributed by atoms with E-state index in [-0.39, 0.29) is 5.57 Å². The van der Waals surface area contributed by atoms with Gasteiger partial charge in [0.2, 0.25) is 0 Å². The highest BCUT2D eigenvalue weighted by molar-refractivity contribution is 7.98. The van der Waals surface area contributed by atoms with Gasteiger partial charge in [0.25, 0.3) is 5.91 Å². The zero-order chi connectivity index (χ0) is 11.3. The molecule has 0 spiro atoms. The Kier molecular flexibility index (Phi) is 3.95. The van der Waals surface area contributed by atoms with Crippen molar-refractivity contribution in [2.24, 2.45) is 5.73 Å². The van der Waals surface area contributed by atoms with Crippen molar-refractivity contribution in [3.63, 3.8) is 0 Å². The van der Waals surface area contributed by atoms with E-state index in [9.17, 15) is 4.79 Å². The Hall–Kier alpha value is -1.73. The van der Waals surface area contributed by atoms with E-state index >= 15 is 0 Å². The Bertz CT molecular complexity index is 429. The van der Waals surface area contributed by atoms with Gasteiger partial charge in [0, 0.05) is 4.90 Å². The number of nitrogens with two attached hydrogens (primary N) is 1. The molecule has 0 aromatic heterocycles. The van der Waals surface area contributed by atoms with Gasteiger partial charge < -0.3 is 5.73 Å². The summed E-state index contributed by atoms with van der Waals surface area (Å²) < 4.78 is 0. The third-order valence-electron chi connectivity index (χ3n) is 1.81. The third-order valence-corrected chi connectivity index (χ3v) is 2.56. The molecule has 15 heavy (non-hydrogen) atoms. The fraction of sp³-hybridized carbons (Fsp3) is 0.0909. The normalized spacial score (nSPS) is 10.8. The second kappa shape index (κ2) is 5.23. The molecule has 0 aliphatic heterocycles. The lowest BCUT2D eigenvalue weighted by atomic mass is 10.1. The lowest BCUT2D eigenvalue weighted by Gasteiger charge is -1.97. The van der Waals surface area contributed by atoms with Crippen molar-refractivity contribution in [3.05, 3.63) is 35.4 Å². The first-order valence-electron chi connectivity index (χ1n) is 4.23. The van der Waals surface area contributed by atoms with E-state index in [0.29, 0.717) is 0 Å². The predicted molar refractivity (Wildman–Crippen MR) is 61.0 cm³/mol. The van der Waals surface area contributed by atoms with Crippen LogP contribution in [0.15, 0.2) is 34.7 Å². The molecule has 0 bridgehead atoms. The first-order valence-corrected chi connectivity index (χ1v) is 5.45. The topological polar surface area (TPSA) is 66.9 Å². The maximum absolute atomic E-state index is 10.8. The van der Waals surface area contributed by atoms with Gasteiger partial charge in [0.15, 0.2) is 0 Å². The number of hydrogen-bond donors (Lipinski definition) is 1. The summed E-state index contributed by atoms with van der Waals surface area (Å²) in [6, 6.07) is 9.28. The summed E-state index contributed by atoms with van der Waals surface area (Å²) in [5.41, 5.74) is 5.78. The quantitative estimate of drug-likeness (QED) is 0.478. The first kappa shape index (κ1) is 11.3. The second-order valence-corrected chi connectivity index (χ2v) is 3.69. The van der Waals surface area contributed by atoms with Crippen LogP contribution in [0, 0.1) is 11.3 Å². The van der Waals surface area contributed by atoms with Crippen molar-refractivity contribution in [3.8, 4) is 6.07 Å². The van der Waals surface area contributed by atoms with Gasteiger partial charge in [-0.25, -0.2) is 0 Å². The summed E-state index contributed by atoms with van der Waals surface area (Å²) in [6.45, 7) is 0. The second-order valence-electron chi connectivity index (χ2n) is 2.81. The summed E-state index contributed by atoms with van der Waals surface area (Å²) >= 11 is 1.63. The van der Waals surface area contributed by atoms with Crippen LogP contribution in [0.25, 0.3) is 6.08 Å². The van der Waals surface area contributed by atoms with Crippen molar-refractivity contribution in [2.75, 3.05) is 6.26 Å². The number of amides is 1. The maximum atomic E-state index is 10.8. The smallest absolute Gasteiger partial charge is 0.259 e. The van der Waals surface area contributed by atoms with Gasteiger partial charge in [-0.2, -0.15) is 5.26 Å². The van der Waals surface area contributed by atoms with Crippen LogP contribution in [0.4, 0.5) is 0 Å². The summed E-state index contributed by atoms with van der Waals surface area (Å²) in [5.74, 6) is -0.702. The van der Waals surface area contributed by atoms with Crippen molar-refractivity contribution in [1.29, 1.82) is 5.26 Å². The van der Waals surface area contributed by atoms with Crippen LogP contribution < -0.4 is 5.73 Å². The number of benzene rings is 1. The lowest BCUT2D eigenvalue weighted by Crippen LogP contribution is -2.12. The van der Waals surface area contributed by atoms with Crippen molar-refractivity contribution < 1.29 is 4.79 Å². The summed E-state index contributed by atoms with van der Waals surface area (Å²) in [4.78, 5) is 11.9. The molecule has 0 aliphatic rings. The van der Waals surface area contributed by atoms with Gasteiger partial charge in [0.05, 0.1) is 0 Å². The van der Waals surface area contributed by atoms with Crippen LogP contribution in [0.1, 0.15) is 5.56 Å². The molecule has 0 radical (unpaired) electrons. The van der Waals surface area contributed by atoms with Crippen LogP contribution in [0.2, 0.25) is 0 Å². The predicted octanol–water partition coefficient (Wildman–Crippen LogP) is 1.80.